The molecule has 1 aromatic heterocycles. The molecule has 0 aromatic carbocycles. The van der Waals surface area contributed by atoms with Crippen molar-refractivity contribution in [1.82, 2.24) is 5.32 Å². The van der Waals surface area contributed by atoms with Gasteiger partial charge in [0.05, 0.1) is 10.5 Å². The Kier molecular flexibility index (Phi) is 2.80. The van der Waals surface area contributed by atoms with Crippen molar-refractivity contribution in [2.45, 2.75) is 25.4 Å². The van der Waals surface area contributed by atoms with Crippen LogP contribution in [0.5, 0.6) is 0 Å². The molecule has 1 atom stereocenters. The van der Waals surface area contributed by atoms with Gasteiger partial charge in [-0.05, 0) is 37.1 Å². The number of amides is 1. The number of hydrogen-bond donors (Lipinski definition) is 2. The summed E-state index contributed by atoms with van der Waals surface area (Å²) in [5.74, 6) is 0.270. The summed E-state index contributed by atoms with van der Waals surface area (Å²) in [6.45, 7) is 2.13. The van der Waals surface area contributed by atoms with E-state index in [0.717, 1.165) is 12.8 Å². The van der Waals surface area contributed by atoms with E-state index in [1.165, 1.54) is 11.3 Å². The van der Waals surface area contributed by atoms with Crippen LogP contribution in [0.25, 0.3) is 0 Å². The molecule has 0 unspecified atom stereocenters. The molecule has 1 fully saturated rings. The molecule has 82 valence electrons. The lowest BCUT2D eigenvalue weighted by molar-refractivity contribution is 0.0355. The van der Waals surface area contributed by atoms with Crippen molar-refractivity contribution in [3.8, 4) is 0 Å². The molecule has 1 aliphatic rings. The maximum Gasteiger partial charge on any atom is 0.261 e. The molecule has 1 amide bonds. The molecule has 15 heavy (non-hydrogen) atoms. The minimum Gasteiger partial charge on any atom is -0.388 e. The Labute approximate surface area is 93.1 Å². The third-order valence-corrected chi connectivity index (χ3v) is 3.68. The molecule has 3 nitrogen and oxygen atoms in total. The van der Waals surface area contributed by atoms with Crippen LogP contribution in [0, 0.1) is 5.92 Å². The van der Waals surface area contributed by atoms with Gasteiger partial charge < -0.3 is 10.4 Å². The van der Waals surface area contributed by atoms with Gasteiger partial charge in [0.2, 0.25) is 0 Å². The highest BCUT2D eigenvalue weighted by Gasteiger charge is 2.39. The van der Waals surface area contributed by atoms with Gasteiger partial charge in [0.25, 0.3) is 5.91 Å². The summed E-state index contributed by atoms with van der Waals surface area (Å²) in [6, 6.07) is 3.63. The number of carbonyl (C=O) groups excluding carboxylic acids is 1. The largest absolute Gasteiger partial charge is 0.388 e. The van der Waals surface area contributed by atoms with Gasteiger partial charge >= 0.3 is 0 Å². The molecule has 2 rings (SSSR count). The van der Waals surface area contributed by atoms with Crippen LogP contribution in [-0.2, 0) is 0 Å². The van der Waals surface area contributed by atoms with Gasteiger partial charge in [-0.3, -0.25) is 4.79 Å². The van der Waals surface area contributed by atoms with Crippen LogP contribution in [0.2, 0.25) is 0 Å². The smallest absolute Gasteiger partial charge is 0.261 e. The second-order valence-corrected chi connectivity index (χ2v) is 5.24. The van der Waals surface area contributed by atoms with Crippen molar-refractivity contribution in [2.24, 2.45) is 5.92 Å². The van der Waals surface area contributed by atoms with Crippen LogP contribution in [0.3, 0.4) is 0 Å². The van der Waals surface area contributed by atoms with Crippen molar-refractivity contribution in [1.29, 1.82) is 0 Å². The number of aliphatic hydroxyl groups is 1. The van der Waals surface area contributed by atoms with Gasteiger partial charge in [0.1, 0.15) is 0 Å². The Hall–Kier alpha value is -0.870. The third kappa shape index (κ3) is 2.58. The van der Waals surface area contributed by atoms with Crippen LogP contribution in [0.4, 0.5) is 0 Å². The molecule has 0 radical (unpaired) electrons. The SMILES string of the molecule is C[C@@](O)(CNC(=O)c1cccs1)C1CC1. The zero-order chi connectivity index (χ0) is 10.9. The van der Waals surface area contributed by atoms with E-state index in [4.69, 9.17) is 0 Å². The van der Waals surface area contributed by atoms with Gasteiger partial charge in [-0.25, -0.2) is 0 Å². The summed E-state index contributed by atoms with van der Waals surface area (Å²) in [7, 11) is 0. The molecule has 4 heteroatoms. The molecule has 2 N–H and O–H groups in total. The Morgan fingerprint density at radius 2 is 2.47 bits per heavy atom. The highest BCUT2D eigenvalue weighted by molar-refractivity contribution is 7.12. The average molecular weight is 225 g/mol. The standard InChI is InChI=1S/C11H15NO2S/c1-11(14,8-4-5-8)7-12-10(13)9-3-2-6-15-9/h2-3,6,8,14H,4-5,7H2,1H3,(H,12,13)/t11-/m1/s1. The monoisotopic (exact) mass is 225 g/mol. The van der Waals surface area contributed by atoms with Gasteiger partial charge in [-0.1, -0.05) is 6.07 Å². The number of hydrogen-bond acceptors (Lipinski definition) is 3. The van der Waals surface area contributed by atoms with Crippen LogP contribution in [-0.4, -0.2) is 23.2 Å². The first kappa shape index (κ1) is 10.6. The van der Waals surface area contributed by atoms with E-state index in [-0.39, 0.29) is 5.91 Å². The molecule has 0 aliphatic heterocycles. The fourth-order valence-corrected chi connectivity index (χ4v) is 2.24. The fourth-order valence-electron chi connectivity index (χ4n) is 1.60. The normalized spacial score (nSPS) is 19.6. The van der Waals surface area contributed by atoms with Gasteiger partial charge in [-0.15, -0.1) is 11.3 Å². The van der Waals surface area contributed by atoms with Crippen molar-refractivity contribution in [2.75, 3.05) is 6.54 Å². The van der Waals surface area contributed by atoms with Crippen molar-refractivity contribution in [3.05, 3.63) is 22.4 Å². The zero-order valence-electron chi connectivity index (χ0n) is 8.69. The second-order valence-electron chi connectivity index (χ2n) is 4.29. The summed E-state index contributed by atoms with van der Waals surface area (Å²) in [4.78, 5) is 12.3. The Bertz CT molecular complexity index is 341. The summed E-state index contributed by atoms with van der Waals surface area (Å²) >= 11 is 1.41. The van der Waals surface area contributed by atoms with E-state index in [1.807, 2.05) is 11.4 Å². The van der Waals surface area contributed by atoms with Crippen LogP contribution in [0.15, 0.2) is 17.5 Å². The summed E-state index contributed by atoms with van der Waals surface area (Å²) < 4.78 is 0. The lowest BCUT2D eigenvalue weighted by Gasteiger charge is -2.22. The van der Waals surface area contributed by atoms with E-state index >= 15 is 0 Å². The minimum atomic E-state index is -0.743. The molecule has 1 saturated carbocycles. The quantitative estimate of drug-likeness (QED) is 0.818. The first-order chi connectivity index (χ1) is 7.09. The predicted molar refractivity (Wildman–Crippen MR) is 60.0 cm³/mol. The lowest BCUT2D eigenvalue weighted by Crippen LogP contribution is -2.42. The molecule has 1 aliphatic carbocycles. The first-order valence-corrected chi connectivity index (χ1v) is 6.01. The maximum absolute atomic E-state index is 11.6. The Morgan fingerprint density at radius 3 is 3.00 bits per heavy atom. The second kappa shape index (κ2) is 3.94. The van der Waals surface area contributed by atoms with E-state index in [2.05, 4.69) is 5.32 Å². The van der Waals surface area contributed by atoms with E-state index in [9.17, 15) is 9.90 Å². The van der Waals surface area contributed by atoms with Gasteiger partial charge in [-0.2, -0.15) is 0 Å². The molecular weight excluding hydrogens is 210 g/mol. The van der Waals surface area contributed by atoms with Crippen molar-refractivity contribution in [3.63, 3.8) is 0 Å². The predicted octanol–water partition coefficient (Wildman–Crippen LogP) is 1.64. The van der Waals surface area contributed by atoms with Crippen molar-refractivity contribution < 1.29 is 9.90 Å². The molecule has 1 aromatic rings. The minimum absolute atomic E-state index is 0.0917. The number of thiophene rings is 1. The van der Waals surface area contributed by atoms with Gasteiger partial charge in [0.15, 0.2) is 0 Å². The Balaban J connectivity index is 1.85. The topological polar surface area (TPSA) is 49.3 Å². The van der Waals surface area contributed by atoms with Crippen LogP contribution in [0.1, 0.15) is 29.4 Å². The number of nitrogens with one attached hydrogen (secondary N) is 1. The summed E-state index contributed by atoms with van der Waals surface area (Å²) in [6.07, 6.45) is 2.14. The summed E-state index contributed by atoms with van der Waals surface area (Å²) in [5, 5.41) is 14.6. The molecular formula is C11H15NO2S. The maximum atomic E-state index is 11.6. The number of carbonyl (C=O) groups is 1. The van der Waals surface area contributed by atoms with Gasteiger partial charge in [0, 0.05) is 6.54 Å². The zero-order valence-corrected chi connectivity index (χ0v) is 9.51. The third-order valence-electron chi connectivity index (χ3n) is 2.81. The highest BCUT2D eigenvalue weighted by atomic mass is 32.1. The van der Waals surface area contributed by atoms with Crippen LogP contribution < -0.4 is 5.32 Å². The lowest BCUT2D eigenvalue weighted by atomic mass is 10.0. The Morgan fingerprint density at radius 1 is 1.73 bits per heavy atom. The molecule has 0 saturated heterocycles. The first-order valence-electron chi connectivity index (χ1n) is 5.14. The van der Waals surface area contributed by atoms with E-state index < -0.39 is 5.60 Å². The van der Waals surface area contributed by atoms with Crippen molar-refractivity contribution >= 4 is 17.2 Å². The molecule has 0 bridgehead atoms. The van der Waals surface area contributed by atoms with Crippen LogP contribution >= 0.6 is 11.3 Å². The highest BCUT2D eigenvalue weighted by Crippen LogP contribution is 2.39. The average Bonchev–Trinajstić information content (AvgIpc) is 2.92. The van der Waals surface area contributed by atoms with E-state index in [0.29, 0.717) is 17.3 Å². The van der Waals surface area contributed by atoms with E-state index in [1.54, 1.807) is 13.0 Å². The summed E-state index contributed by atoms with van der Waals surface area (Å²) in [5.41, 5.74) is -0.743. The molecule has 1 heterocycles. The number of rotatable bonds is 4. The fraction of sp³-hybridized carbons (Fsp3) is 0.545. The molecule has 0 spiro atoms.